The van der Waals surface area contributed by atoms with Gasteiger partial charge in [0.05, 0.1) is 12.3 Å². The summed E-state index contributed by atoms with van der Waals surface area (Å²) in [5.41, 5.74) is 0. The number of hydrogen-bond donors (Lipinski definition) is 0. The van der Waals surface area contributed by atoms with E-state index in [1.165, 1.54) is 28.8 Å². The summed E-state index contributed by atoms with van der Waals surface area (Å²) in [5, 5.41) is 4.73. The topological polar surface area (TPSA) is 9.23 Å². The summed E-state index contributed by atoms with van der Waals surface area (Å²) in [5.74, 6) is 1.38. The van der Waals surface area contributed by atoms with E-state index in [9.17, 15) is 0 Å². The van der Waals surface area contributed by atoms with E-state index >= 15 is 0 Å². The molecule has 1 nitrogen and oxygen atoms in total. The second-order valence-corrected chi connectivity index (χ2v) is 16.3. The molecule has 1 aliphatic carbocycles. The summed E-state index contributed by atoms with van der Waals surface area (Å²) < 4.78 is 6.98. The molecule has 1 atom stereocenters. The average Bonchev–Trinajstić information content (AvgIpc) is 3.67. The van der Waals surface area contributed by atoms with Gasteiger partial charge in [0.25, 0.3) is 0 Å². The van der Waals surface area contributed by atoms with Gasteiger partial charge in [-0.25, -0.2) is 0 Å². The van der Waals surface area contributed by atoms with Gasteiger partial charge in [0.1, 0.15) is 23.2 Å². The van der Waals surface area contributed by atoms with Crippen molar-refractivity contribution in [3.05, 3.63) is 91.0 Å². The fraction of sp³-hybridized carbons (Fsp3) is 0.379. The third-order valence-electron chi connectivity index (χ3n) is 7.42. The zero-order chi connectivity index (χ0) is 22.6. The van der Waals surface area contributed by atoms with Gasteiger partial charge in [-0.15, -0.1) is 0 Å². The van der Waals surface area contributed by atoms with Gasteiger partial charge in [-0.2, -0.15) is 0 Å². The molecule has 0 saturated heterocycles. The third kappa shape index (κ3) is 5.09. The van der Waals surface area contributed by atoms with Gasteiger partial charge in [0.15, 0.2) is 9.76 Å². The zero-order valence-electron chi connectivity index (χ0n) is 20.1. The molecule has 1 aliphatic rings. The zero-order valence-corrected chi connectivity index (χ0v) is 22.4. The van der Waals surface area contributed by atoms with Crippen LogP contribution in [0, 0.1) is 11.8 Å². The van der Waals surface area contributed by atoms with Crippen LogP contribution < -0.4 is 15.9 Å². The minimum Gasteiger partial charge on any atom is -0.417 e. The number of rotatable bonds is 10. The van der Waals surface area contributed by atoms with Gasteiger partial charge < -0.3 is 4.43 Å². The van der Waals surface area contributed by atoms with Crippen molar-refractivity contribution >= 4 is 32.9 Å². The first-order chi connectivity index (χ1) is 15.4. The van der Waals surface area contributed by atoms with E-state index in [1.807, 2.05) is 0 Å². The van der Waals surface area contributed by atoms with Gasteiger partial charge in [0.2, 0.25) is 0 Å². The third-order valence-corrected chi connectivity index (χ3v) is 14.0. The highest BCUT2D eigenvalue weighted by molar-refractivity contribution is 7.95. The summed E-state index contributed by atoms with van der Waals surface area (Å²) in [6, 6.07) is 33.8. The first-order valence-corrected chi connectivity index (χ1v) is 15.4. The van der Waals surface area contributed by atoms with Gasteiger partial charge in [-0.3, -0.25) is 0 Å². The quantitative estimate of drug-likeness (QED) is 0.277. The molecule has 0 heterocycles. The first kappa shape index (κ1) is 23.4. The first-order valence-electron chi connectivity index (χ1n) is 12.1. The van der Waals surface area contributed by atoms with Gasteiger partial charge in [-0.05, 0) is 66.1 Å². The van der Waals surface area contributed by atoms with Crippen molar-refractivity contribution in [1.82, 2.24) is 0 Å². The van der Waals surface area contributed by atoms with Crippen molar-refractivity contribution in [3.63, 3.8) is 0 Å². The molecule has 0 radical (unpaired) electrons. The molecule has 0 bridgehead atoms. The molecule has 1 fully saturated rings. The highest BCUT2D eigenvalue weighted by Crippen LogP contribution is 2.58. The lowest BCUT2D eigenvalue weighted by atomic mass is 9.99. The summed E-state index contributed by atoms with van der Waals surface area (Å²) in [7, 11) is -2.48. The molecule has 3 aromatic carbocycles. The van der Waals surface area contributed by atoms with E-state index in [0.29, 0.717) is 17.1 Å². The predicted octanol–water partition coefficient (Wildman–Crippen LogP) is 5.71. The Labute approximate surface area is 197 Å². The van der Waals surface area contributed by atoms with Crippen molar-refractivity contribution in [3.8, 4) is 0 Å². The van der Waals surface area contributed by atoms with E-state index in [-0.39, 0.29) is 0 Å². The smallest absolute Gasteiger partial charge is 0.168 e. The standard InChI is InChI=1S/C29H38OPSi/c1-23(2)29(3,4)32-30-28(24-20-21-24)22-31(25-14-8-5-9-15-25,26-16-10-6-11-17-26)27-18-12-7-13-19-27/h5-19,23-24,28H,20-22,32H2,1-4H3/q+1/t28-/m0/s1. The Balaban J connectivity index is 1.80. The van der Waals surface area contributed by atoms with Crippen LogP contribution in [-0.2, 0) is 4.43 Å². The molecule has 1 saturated carbocycles. The molecule has 3 aromatic rings. The minimum absolute atomic E-state index is 0.320. The molecule has 0 amide bonds. The molecule has 0 N–H and O–H groups in total. The van der Waals surface area contributed by atoms with Crippen LogP contribution in [0.15, 0.2) is 91.0 Å². The Morgan fingerprint density at radius 3 is 1.53 bits per heavy atom. The van der Waals surface area contributed by atoms with E-state index in [1.54, 1.807) is 0 Å². The van der Waals surface area contributed by atoms with Crippen molar-refractivity contribution in [2.45, 2.75) is 51.7 Å². The van der Waals surface area contributed by atoms with E-state index in [2.05, 4.69) is 119 Å². The maximum atomic E-state index is 6.98. The molecule has 0 unspecified atom stereocenters. The SMILES string of the molecule is CC(C)C(C)(C)[SiH2]O[C@@H](C[P+](c1ccccc1)(c1ccccc1)c1ccccc1)C1CC1. The fourth-order valence-electron chi connectivity index (χ4n) is 4.38. The largest absolute Gasteiger partial charge is 0.417 e. The fourth-order valence-corrected chi connectivity index (χ4v) is 10.5. The van der Waals surface area contributed by atoms with Crippen LogP contribution in [0.3, 0.4) is 0 Å². The molecule has 0 spiro atoms. The predicted molar refractivity (Wildman–Crippen MR) is 145 cm³/mol. The van der Waals surface area contributed by atoms with Crippen LogP contribution in [0.2, 0.25) is 5.04 Å². The van der Waals surface area contributed by atoms with Crippen LogP contribution in [0.5, 0.6) is 0 Å². The van der Waals surface area contributed by atoms with Crippen molar-refractivity contribution in [2.24, 2.45) is 11.8 Å². The van der Waals surface area contributed by atoms with Crippen LogP contribution in [0.1, 0.15) is 40.5 Å². The normalized spacial score (nSPS) is 16.0. The second-order valence-electron chi connectivity index (χ2n) is 10.3. The lowest BCUT2D eigenvalue weighted by Crippen LogP contribution is -2.39. The Bertz CT molecular complexity index is 871. The molecule has 0 aliphatic heterocycles. The molecular formula is C29H38OPSi+. The van der Waals surface area contributed by atoms with Crippen molar-refractivity contribution in [1.29, 1.82) is 0 Å². The van der Waals surface area contributed by atoms with Crippen molar-refractivity contribution < 1.29 is 4.43 Å². The summed E-state index contributed by atoms with van der Waals surface area (Å²) in [6.45, 7) is 9.50. The lowest BCUT2D eigenvalue weighted by Gasteiger charge is -2.34. The molecule has 0 aromatic heterocycles. The molecule has 168 valence electrons. The second kappa shape index (κ2) is 10.0. The van der Waals surface area contributed by atoms with E-state index < -0.39 is 17.0 Å². The van der Waals surface area contributed by atoms with Crippen LogP contribution in [0.25, 0.3) is 0 Å². The van der Waals surface area contributed by atoms with E-state index in [4.69, 9.17) is 4.43 Å². The van der Waals surface area contributed by atoms with Gasteiger partial charge in [0, 0.05) is 0 Å². The van der Waals surface area contributed by atoms with Crippen LogP contribution in [0.4, 0.5) is 0 Å². The monoisotopic (exact) mass is 461 g/mol. The van der Waals surface area contributed by atoms with E-state index in [0.717, 1.165) is 12.1 Å². The average molecular weight is 462 g/mol. The minimum atomic E-state index is -1.83. The lowest BCUT2D eigenvalue weighted by molar-refractivity contribution is 0.196. The molecule has 3 heteroatoms. The maximum absolute atomic E-state index is 6.98. The summed E-state index contributed by atoms with van der Waals surface area (Å²) in [6.07, 6.45) is 4.10. The Kier molecular flexibility index (Phi) is 7.35. The van der Waals surface area contributed by atoms with Crippen molar-refractivity contribution in [2.75, 3.05) is 6.16 Å². The maximum Gasteiger partial charge on any atom is 0.168 e. The highest BCUT2D eigenvalue weighted by Gasteiger charge is 2.50. The highest BCUT2D eigenvalue weighted by atomic mass is 31.2. The Morgan fingerprint density at radius 2 is 1.19 bits per heavy atom. The van der Waals surface area contributed by atoms with Crippen LogP contribution >= 0.6 is 7.26 Å². The number of hydrogen-bond acceptors (Lipinski definition) is 1. The van der Waals surface area contributed by atoms with Gasteiger partial charge in [-0.1, -0.05) is 82.3 Å². The molecule has 32 heavy (non-hydrogen) atoms. The summed E-state index contributed by atoms with van der Waals surface area (Å²) in [4.78, 5) is 0. The summed E-state index contributed by atoms with van der Waals surface area (Å²) >= 11 is 0. The Hall–Kier alpha value is -1.73. The number of benzene rings is 3. The molecular weight excluding hydrogens is 423 g/mol. The molecule has 4 rings (SSSR count). The Morgan fingerprint density at radius 1 is 0.781 bits per heavy atom. The van der Waals surface area contributed by atoms with Gasteiger partial charge >= 0.3 is 0 Å². The van der Waals surface area contributed by atoms with Crippen LogP contribution in [-0.4, -0.2) is 22.0 Å².